The molecule has 6 nitrogen and oxygen atoms in total. The van der Waals surface area contributed by atoms with Crippen LogP contribution in [-0.4, -0.2) is 53.3 Å². The average molecular weight is 462 g/mol. The zero-order valence-electron chi connectivity index (χ0n) is 22.3. The molecule has 0 saturated carbocycles. The van der Waals surface area contributed by atoms with Gasteiger partial charge in [0.25, 0.3) is 5.91 Å². The van der Waals surface area contributed by atoms with E-state index in [1.54, 1.807) is 0 Å². The molecule has 3 heterocycles. The Hall–Kier alpha value is -1.79. The van der Waals surface area contributed by atoms with Crippen LogP contribution in [-0.2, 0) is 11.3 Å². The maximum absolute atomic E-state index is 12.9. The van der Waals surface area contributed by atoms with Gasteiger partial charge in [-0.3, -0.25) is 4.79 Å². The summed E-state index contributed by atoms with van der Waals surface area (Å²) in [5.74, 6) is 0.957. The van der Waals surface area contributed by atoms with Crippen molar-refractivity contribution in [2.45, 2.75) is 111 Å². The van der Waals surface area contributed by atoms with Gasteiger partial charge in [0.2, 0.25) is 0 Å². The minimum absolute atomic E-state index is 0.0786. The summed E-state index contributed by atoms with van der Waals surface area (Å²) in [4.78, 5) is 14.9. The normalized spacial score (nSPS) is 16.2. The number of unbranched alkanes of at least 4 members (excludes halogenated alkanes) is 3. The van der Waals surface area contributed by atoms with Gasteiger partial charge in [-0.1, -0.05) is 32.6 Å². The molecule has 188 valence electrons. The minimum atomic E-state index is -0.223. The van der Waals surface area contributed by atoms with Crippen molar-refractivity contribution in [3.05, 3.63) is 23.6 Å². The van der Waals surface area contributed by atoms with Crippen LogP contribution in [0.15, 0.2) is 16.5 Å². The number of hydrogen-bond donors (Lipinski definition) is 1. The van der Waals surface area contributed by atoms with Gasteiger partial charge in [-0.15, -0.1) is 0 Å². The number of hydrogen-bond acceptors (Lipinski definition) is 4. The Bertz CT molecular complexity index is 865. The molecule has 6 heteroatoms. The first-order chi connectivity index (χ1) is 15.6. The predicted octanol–water partition coefficient (Wildman–Crippen LogP) is 6.16. The van der Waals surface area contributed by atoms with E-state index in [0.29, 0.717) is 19.2 Å². The van der Waals surface area contributed by atoms with Crippen LogP contribution in [0, 0.1) is 6.92 Å². The molecule has 0 spiro atoms. The molecule has 0 radical (unpaired) electrons. The number of carbonyl (C=O) groups is 1. The number of amides is 1. The quantitative estimate of drug-likeness (QED) is 0.407. The maximum Gasteiger partial charge on any atom is 0.271 e. The van der Waals surface area contributed by atoms with Crippen molar-refractivity contribution in [1.29, 1.82) is 0 Å². The van der Waals surface area contributed by atoms with E-state index in [-0.39, 0.29) is 17.6 Å². The summed E-state index contributed by atoms with van der Waals surface area (Å²) in [6, 6.07) is 4.59. The lowest BCUT2D eigenvalue weighted by Gasteiger charge is -2.43. The third-order valence-electron chi connectivity index (χ3n) is 6.41. The van der Waals surface area contributed by atoms with E-state index in [4.69, 9.17) is 9.15 Å². The Labute approximate surface area is 201 Å². The van der Waals surface area contributed by atoms with Gasteiger partial charge in [-0.05, 0) is 61.4 Å². The van der Waals surface area contributed by atoms with E-state index in [0.717, 1.165) is 35.5 Å². The van der Waals surface area contributed by atoms with Gasteiger partial charge in [-0.2, -0.15) is 0 Å². The first-order valence-electron chi connectivity index (χ1n) is 12.8. The monoisotopic (exact) mass is 461 g/mol. The van der Waals surface area contributed by atoms with Gasteiger partial charge in [0.15, 0.2) is 5.58 Å². The van der Waals surface area contributed by atoms with Gasteiger partial charge in [-0.25, -0.2) is 0 Å². The number of aryl methyl sites for hydroxylation is 1. The summed E-state index contributed by atoms with van der Waals surface area (Å²) in [6.07, 6.45) is 7.94. The van der Waals surface area contributed by atoms with E-state index in [1.807, 2.05) is 44.9 Å². The van der Waals surface area contributed by atoms with Gasteiger partial charge in [0.1, 0.15) is 11.5 Å². The van der Waals surface area contributed by atoms with Gasteiger partial charge < -0.3 is 23.9 Å². The number of rotatable bonds is 11. The van der Waals surface area contributed by atoms with Gasteiger partial charge in [0, 0.05) is 37.9 Å². The third kappa shape index (κ3) is 7.61. The molecule has 1 aliphatic rings. The van der Waals surface area contributed by atoms with Crippen LogP contribution in [0.2, 0.25) is 0 Å². The summed E-state index contributed by atoms with van der Waals surface area (Å²) in [5, 5.41) is 3.24. The molecule has 1 N–H and O–H groups in total. The number of nitrogens with zero attached hydrogens (tertiary/aromatic N) is 2. The van der Waals surface area contributed by atoms with Crippen LogP contribution in [0.5, 0.6) is 0 Å². The van der Waals surface area contributed by atoms with Crippen LogP contribution in [0.25, 0.3) is 11.1 Å². The Morgan fingerprint density at radius 1 is 1.15 bits per heavy atom. The molecule has 2 aromatic rings. The highest BCUT2D eigenvalue weighted by molar-refractivity contribution is 5.99. The predicted molar refractivity (Wildman–Crippen MR) is 137 cm³/mol. The molecule has 0 aliphatic carbocycles. The van der Waals surface area contributed by atoms with Crippen molar-refractivity contribution in [2.75, 3.05) is 20.2 Å². The van der Waals surface area contributed by atoms with Crippen molar-refractivity contribution in [1.82, 2.24) is 14.8 Å². The third-order valence-corrected chi connectivity index (χ3v) is 6.41. The van der Waals surface area contributed by atoms with Crippen molar-refractivity contribution < 1.29 is 13.9 Å². The van der Waals surface area contributed by atoms with E-state index in [2.05, 4.69) is 37.6 Å². The van der Waals surface area contributed by atoms with Gasteiger partial charge >= 0.3 is 0 Å². The Morgan fingerprint density at radius 3 is 2.52 bits per heavy atom. The fraction of sp³-hybridized carbons (Fsp3) is 0.741. The Kier molecular flexibility index (Phi) is 10.5. The summed E-state index contributed by atoms with van der Waals surface area (Å²) in [5.41, 5.74) is 2.31. The number of carbonyl (C=O) groups excluding carboxylic acids is 1. The van der Waals surface area contributed by atoms with Crippen LogP contribution in [0.3, 0.4) is 0 Å². The molecule has 0 aromatic carbocycles. The van der Waals surface area contributed by atoms with Crippen molar-refractivity contribution >= 4 is 17.0 Å². The molecule has 0 bridgehead atoms. The van der Waals surface area contributed by atoms with E-state index < -0.39 is 0 Å². The molecule has 0 fully saturated rings. The SMILES string of the molecule is CCCCCCC(C)NC.Cc1cc2c(cc3n2CC(C)(C)N(CCCOC(C)C)C3=O)o1. The summed E-state index contributed by atoms with van der Waals surface area (Å²) in [7, 11) is 2.03. The Balaban J connectivity index is 0.000000328. The molecule has 1 unspecified atom stereocenters. The summed E-state index contributed by atoms with van der Waals surface area (Å²) >= 11 is 0. The molecule has 1 aliphatic heterocycles. The van der Waals surface area contributed by atoms with Crippen molar-refractivity contribution in [3.8, 4) is 0 Å². The van der Waals surface area contributed by atoms with E-state index in [1.165, 1.54) is 32.1 Å². The topological polar surface area (TPSA) is 59.6 Å². The first kappa shape index (κ1) is 27.5. The largest absolute Gasteiger partial charge is 0.460 e. The van der Waals surface area contributed by atoms with Crippen LogP contribution >= 0.6 is 0 Å². The van der Waals surface area contributed by atoms with Gasteiger partial charge in [0.05, 0.1) is 17.2 Å². The molecule has 1 amide bonds. The standard InChI is InChI=1S/C18H26N2O3.C9H21N/c1-12(2)22-8-6-7-20-17(21)15-10-16-14(9-13(3)23-16)19(15)11-18(20,4)5;1-4-5-6-7-8-9(2)10-3/h9-10,12H,6-8,11H2,1-5H3;9-10H,4-8H2,1-3H3. The molecule has 3 rings (SSSR count). The molecule has 33 heavy (non-hydrogen) atoms. The van der Waals surface area contributed by atoms with Crippen LogP contribution in [0.4, 0.5) is 0 Å². The van der Waals surface area contributed by atoms with E-state index in [9.17, 15) is 4.79 Å². The average Bonchev–Trinajstić information content (AvgIpc) is 3.27. The lowest BCUT2D eigenvalue weighted by molar-refractivity contribution is 0.0324. The highest BCUT2D eigenvalue weighted by atomic mass is 16.5. The molecule has 1 atom stereocenters. The number of nitrogens with one attached hydrogen (secondary N) is 1. The zero-order valence-corrected chi connectivity index (χ0v) is 22.3. The minimum Gasteiger partial charge on any atom is -0.460 e. The fourth-order valence-electron chi connectivity index (χ4n) is 4.37. The summed E-state index contributed by atoms with van der Waals surface area (Å²) < 4.78 is 13.4. The number of fused-ring (bicyclic) bond motifs is 3. The lowest BCUT2D eigenvalue weighted by Crippen LogP contribution is -2.55. The highest BCUT2D eigenvalue weighted by Crippen LogP contribution is 2.33. The van der Waals surface area contributed by atoms with Crippen molar-refractivity contribution in [2.24, 2.45) is 0 Å². The fourth-order valence-corrected chi connectivity index (χ4v) is 4.37. The molecular weight excluding hydrogens is 414 g/mol. The van der Waals surface area contributed by atoms with Crippen LogP contribution in [0.1, 0.15) is 96.3 Å². The second-order valence-electron chi connectivity index (χ2n) is 10.3. The highest BCUT2D eigenvalue weighted by Gasteiger charge is 2.39. The first-order valence-corrected chi connectivity index (χ1v) is 12.8. The Morgan fingerprint density at radius 2 is 1.88 bits per heavy atom. The number of ether oxygens (including phenoxy) is 1. The van der Waals surface area contributed by atoms with Crippen LogP contribution < -0.4 is 5.32 Å². The molecule has 0 saturated heterocycles. The second-order valence-corrected chi connectivity index (χ2v) is 10.3. The second kappa shape index (κ2) is 12.6. The van der Waals surface area contributed by atoms with Crippen molar-refractivity contribution in [3.63, 3.8) is 0 Å². The number of aromatic nitrogens is 1. The molecule has 2 aromatic heterocycles. The smallest absolute Gasteiger partial charge is 0.271 e. The zero-order chi connectivity index (χ0) is 24.6. The molecular formula is C27H47N3O3. The number of furan rings is 1. The van der Waals surface area contributed by atoms with E-state index >= 15 is 0 Å². The maximum atomic E-state index is 12.9. The summed E-state index contributed by atoms with van der Waals surface area (Å²) in [6.45, 7) is 16.9. The lowest BCUT2D eigenvalue weighted by atomic mass is 9.98.